The van der Waals surface area contributed by atoms with Crippen molar-refractivity contribution >= 4 is 58.3 Å². The van der Waals surface area contributed by atoms with Crippen LogP contribution in [0, 0.1) is 6.92 Å². The van der Waals surface area contributed by atoms with E-state index in [-0.39, 0.29) is 53.7 Å². The fourth-order valence-electron chi connectivity index (χ4n) is 3.36. The molecule has 1 N–H and O–H groups in total. The van der Waals surface area contributed by atoms with E-state index in [4.69, 9.17) is 32.7 Å². The molecule has 3 aromatic rings. The number of benzene rings is 3. The third-order valence-corrected chi connectivity index (χ3v) is 6.04. The molecule has 202 valence electrons. The van der Waals surface area contributed by atoms with Gasteiger partial charge in [0, 0.05) is 34.7 Å². The lowest BCUT2D eigenvalue weighted by Crippen LogP contribution is -2.16. The lowest BCUT2D eigenvalue weighted by molar-refractivity contribution is -0.142. The molecule has 0 aliphatic heterocycles. The summed E-state index contributed by atoms with van der Waals surface area (Å²) in [5.74, 6) is -2.40. The molecular formula is C29H25Cl2NO7. The highest BCUT2D eigenvalue weighted by Crippen LogP contribution is 2.21. The average Bonchev–Trinajstić information content (AvgIpc) is 2.91. The molecule has 10 heteroatoms. The zero-order valence-corrected chi connectivity index (χ0v) is 22.5. The number of aryl methyl sites for hydroxylation is 1. The molecule has 0 radical (unpaired) electrons. The maximum atomic E-state index is 12.2. The van der Waals surface area contributed by atoms with Gasteiger partial charge in [-0.2, -0.15) is 0 Å². The van der Waals surface area contributed by atoms with Crippen molar-refractivity contribution in [2.45, 2.75) is 26.2 Å². The van der Waals surface area contributed by atoms with E-state index in [0.29, 0.717) is 16.3 Å². The van der Waals surface area contributed by atoms with Gasteiger partial charge < -0.3 is 14.8 Å². The molecule has 1 amide bonds. The minimum atomic E-state index is -0.663. The van der Waals surface area contributed by atoms with Crippen molar-refractivity contribution < 1.29 is 33.4 Å². The van der Waals surface area contributed by atoms with E-state index in [1.807, 2.05) is 6.92 Å². The highest BCUT2D eigenvalue weighted by atomic mass is 35.5. The van der Waals surface area contributed by atoms with Crippen molar-refractivity contribution in [1.29, 1.82) is 0 Å². The number of carbonyl (C=O) groups is 5. The average molecular weight is 570 g/mol. The molecule has 3 aromatic carbocycles. The summed E-state index contributed by atoms with van der Waals surface area (Å²) in [6.07, 6.45) is 0.193. The van der Waals surface area contributed by atoms with Crippen molar-refractivity contribution in [2.75, 3.05) is 18.5 Å². The third-order valence-electron chi connectivity index (χ3n) is 5.49. The van der Waals surface area contributed by atoms with Gasteiger partial charge in [0.2, 0.25) is 11.7 Å². The lowest BCUT2D eigenvalue weighted by Gasteiger charge is -2.08. The number of carbonyl (C=O) groups excluding carboxylic acids is 5. The van der Waals surface area contributed by atoms with E-state index in [0.717, 1.165) is 5.56 Å². The quantitative estimate of drug-likeness (QED) is 0.214. The molecule has 0 saturated carbocycles. The molecule has 0 aliphatic carbocycles. The largest absolute Gasteiger partial charge is 0.457 e. The van der Waals surface area contributed by atoms with Gasteiger partial charge in [0.05, 0.1) is 10.6 Å². The summed E-state index contributed by atoms with van der Waals surface area (Å²) in [5.41, 5.74) is 2.34. The molecule has 39 heavy (non-hydrogen) atoms. The molecule has 0 aliphatic rings. The van der Waals surface area contributed by atoms with Crippen LogP contribution >= 0.6 is 23.2 Å². The number of nitrogens with one attached hydrogen (secondary N) is 1. The second kappa shape index (κ2) is 14.2. The number of esters is 2. The van der Waals surface area contributed by atoms with Gasteiger partial charge in [0.15, 0.2) is 19.0 Å². The van der Waals surface area contributed by atoms with E-state index in [1.54, 1.807) is 24.3 Å². The Kier molecular flexibility index (Phi) is 10.8. The number of anilines is 1. The van der Waals surface area contributed by atoms with Crippen LogP contribution in [0.15, 0.2) is 66.7 Å². The second-order valence-corrected chi connectivity index (χ2v) is 9.40. The van der Waals surface area contributed by atoms with Gasteiger partial charge in [-0.1, -0.05) is 53.0 Å². The normalized spacial score (nSPS) is 10.4. The molecule has 8 nitrogen and oxygen atoms in total. The summed E-state index contributed by atoms with van der Waals surface area (Å²) < 4.78 is 10.1. The van der Waals surface area contributed by atoms with E-state index in [9.17, 15) is 24.0 Å². The molecule has 3 rings (SSSR count). The lowest BCUT2D eigenvalue weighted by atomic mass is 10.1. The SMILES string of the molecule is Cc1ccc(C(=O)COC(=O)c2ccc(NC(=O)CCCC(=O)OCC(=O)c3ccc(Cl)cc3Cl)cc2)cc1. The molecule has 0 heterocycles. The molecular weight excluding hydrogens is 545 g/mol. The van der Waals surface area contributed by atoms with Crippen molar-refractivity contribution in [3.05, 3.63) is 99.0 Å². The van der Waals surface area contributed by atoms with Gasteiger partial charge in [-0.15, -0.1) is 0 Å². The van der Waals surface area contributed by atoms with E-state index < -0.39 is 24.3 Å². The summed E-state index contributed by atoms with van der Waals surface area (Å²) in [7, 11) is 0. The fraction of sp³-hybridized carbons (Fsp3) is 0.207. The first kappa shape index (κ1) is 29.5. The first-order chi connectivity index (χ1) is 18.6. The van der Waals surface area contributed by atoms with Crippen LogP contribution < -0.4 is 5.32 Å². The molecule has 0 spiro atoms. The number of Topliss-reactive ketones (excluding diaryl/α,β-unsaturated/α-hetero) is 2. The van der Waals surface area contributed by atoms with Gasteiger partial charge in [-0.05, 0) is 55.8 Å². The summed E-state index contributed by atoms with van der Waals surface area (Å²) in [6, 6.07) is 17.3. The van der Waals surface area contributed by atoms with Crippen molar-refractivity contribution in [2.24, 2.45) is 0 Å². The van der Waals surface area contributed by atoms with Crippen molar-refractivity contribution in [1.82, 2.24) is 0 Å². The van der Waals surface area contributed by atoms with Gasteiger partial charge in [0.1, 0.15) is 0 Å². The second-order valence-electron chi connectivity index (χ2n) is 8.55. The Morgan fingerprint density at radius 2 is 1.38 bits per heavy atom. The predicted molar refractivity (Wildman–Crippen MR) is 146 cm³/mol. The number of ketones is 2. The zero-order chi connectivity index (χ0) is 28.4. The monoisotopic (exact) mass is 569 g/mol. The maximum absolute atomic E-state index is 12.2. The van der Waals surface area contributed by atoms with Crippen molar-refractivity contribution in [3.8, 4) is 0 Å². The third kappa shape index (κ3) is 9.35. The minimum absolute atomic E-state index is 0.0387. The molecule has 0 atom stereocenters. The molecule has 0 fully saturated rings. The summed E-state index contributed by atoms with van der Waals surface area (Å²) in [5, 5.41) is 3.21. The van der Waals surface area contributed by atoms with E-state index in [1.165, 1.54) is 42.5 Å². The van der Waals surface area contributed by atoms with Gasteiger partial charge in [0.25, 0.3) is 0 Å². The fourth-order valence-corrected chi connectivity index (χ4v) is 3.87. The van der Waals surface area contributed by atoms with Crippen LogP contribution in [0.3, 0.4) is 0 Å². The van der Waals surface area contributed by atoms with Crippen LogP contribution in [0.1, 0.15) is 55.9 Å². The van der Waals surface area contributed by atoms with Crippen molar-refractivity contribution in [3.63, 3.8) is 0 Å². The highest BCUT2D eigenvalue weighted by molar-refractivity contribution is 6.36. The van der Waals surface area contributed by atoms with Crippen LogP contribution in [0.2, 0.25) is 10.0 Å². The van der Waals surface area contributed by atoms with Gasteiger partial charge in [-0.25, -0.2) is 4.79 Å². The number of ether oxygens (including phenoxy) is 2. The van der Waals surface area contributed by atoms with Gasteiger partial charge >= 0.3 is 11.9 Å². The zero-order valence-electron chi connectivity index (χ0n) is 21.0. The summed E-state index contributed by atoms with van der Waals surface area (Å²) in [4.78, 5) is 60.7. The Bertz CT molecular complexity index is 1370. The van der Waals surface area contributed by atoms with Crippen LogP contribution in [-0.4, -0.2) is 42.6 Å². The minimum Gasteiger partial charge on any atom is -0.457 e. The van der Waals surface area contributed by atoms with Crippen LogP contribution in [0.25, 0.3) is 0 Å². The van der Waals surface area contributed by atoms with E-state index in [2.05, 4.69) is 5.32 Å². The number of hydrogen-bond acceptors (Lipinski definition) is 7. The Morgan fingerprint density at radius 3 is 2.05 bits per heavy atom. The Labute approximate surface area is 235 Å². The van der Waals surface area contributed by atoms with Gasteiger partial charge in [-0.3, -0.25) is 19.2 Å². The Morgan fingerprint density at radius 1 is 0.744 bits per heavy atom. The molecule has 0 unspecified atom stereocenters. The topological polar surface area (TPSA) is 116 Å². The standard InChI is InChI=1S/C29H25Cl2NO7/c1-18-5-7-19(8-6-18)25(33)16-39-29(37)20-9-12-22(13-10-20)32-27(35)3-2-4-28(36)38-17-26(34)23-14-11-21(30)15-24(23)31/h5-15H,2-4,16-17H2,1H3,(H,32,35). The Balaban J connectivity index is 1.35. The number of halogens is 2. The Hall–Kier alpha value is -4.01. The maximum Gasteiger partial charge on any atom is 0.338 e. The predicted octanol–water partition coefficient (Wildman–Crippen LogP) is 5.88. The molecule has 0 bridgehead atoms. The molecule has 0 saturated heterocycles. The van der Waals surface area contributed by atoms with Crippen LogP contribution in [0.5, 0.6) is 0 Å². The van der Waals surface area contributed by atoms with Crippen LogP contribution in [0.4, 0.5) is 5.69 Å². The van der Waals surface area contributed by atoms with E-state index >= 15 is 0 Å². The first-order valence-electron chi connectivity index (χ1n) is 11.9. The van der Waals surface area contributed by atoms with Crippen LogP contribution in [-0.2, 0) is 19.1 Å². The first-order valence-corrected chi connectivity index (χ1v) is 12.7. The number of rotatable bonds is 12. The molecule has 0 aromatic heterocycles. The summed E-state index contributed by atoms with van der Waals surface area (Å²) in [6.45, 7) is 1.05. The number of hydrogen-bond donors (Lipinski definition) is 1. The number of amides is 1. The highest BCUT2D eigenvalue weighted by Gasteiger charge is 2.15. The summed E-state index contributed by atoms with van der Waals surface area (Å²) >= 11 is 11.8. The smallest absolute Gasteiger partial charge is 0.338 e.